The minimum absolute atomic E-state index is 0.938. The molecule has 1 rings (SSSR count). The standard InChI is InChI=1S/C11H17NO/c1-8-6-10(12(3)4)11(13-5)7-9(8)2/h6-7H,1-5H3. The maximum absolute atomic E-state index is 5.30. The zero-order chi connectivity index (χ0) is 10.0. The van der Waals surface area contributed by atoms with Crippen LogP contribution in [0.2, 0.25) is 0 Å². The van der Waals surface area contributed by atoms with Gasteiger partial charge in [0.2, 0.25) is 0 Å². The highest BCUT2D eigenvalue weighted by Crippen LogP contribution is 2.29. The number of methoxy groups -OCH3 is 1. The van der Waals surface area contributed by atoms with Crippen molar-refractivity contribution in [1.82, 2.24) is 0 Å². The summed E-state index contributed by atoms with van der Waals surface area (Å²) in [7, 11) is 5.75. The molecule has 0 aliphatic heterocycles. The summed E-state index contributed by atoms with van der Waals surface area (Å²) in [6, 6.07) is 4.22. The van der Waals surface area contributed by atoms with E-state index < -0.39 is 0 Å². The monoisotopic (exact) mass is 179 g/mol. The van der Waals surface area contributed by atoms with Crippen molar-refractivity contribution < 1.29 is 4.74 Å². The van der Waals surface area contributed by atoms with Crippen molar-refractivity contribution in [3.05, 3.63) is 23.3 Å². The maximum atomic E-state index is 5.30. The average molecular weight is 179 g/mol. The zero-order valence-electron chi connectivity index (χ0n) is 9.01. The molecule has 13 heavy (non-hydrogen) atoms. The molecule has 0 spiro atoms. The predicted octanol–water partition coefficient (Wildman–Crippen LogP) is 2.38. The third-order valence-electron chi connectivity index (χ3n) is 2.28. The van der Waals surface area contributed by atoms with Gasteiger partial charge in [0.25, 0.3) is 0 Å². The highest BCUT2D eigenvalue weighted by Gasteiger charge is 2.06. The van der Waals surface area contributed by atoms with Gasteiger partial charge in [0.1, 0.15) is 5.75 Å². The lowest BCUT2D eigenvalue weighted by atomic mass is 10.1. The van der Waals surface area contributed by atoms with Gasteiger partial charge in [-0.1, -0.05) is 0 Å². The van der Waals surface area contributed by atoms with E-state index in [-0.39, 0.29) is 0 Å². The Balaban J connectivity index is 3.25. The molecule has 0 unspecified atom stereocenters. The second kappa shape index (κ2) is 3.69. The predicted molar refractivity (Wildman–Crippen MR) is 56.8 cm³/mol. The smallest absolute Gasteiger partial charge is 0.142 e. The molecular weight excluding hydrogens is 162 g/mol. The Kier molecular flexibility index (Phi) is 2.81. The molecule has 0 radical (unpaired) electrons. The van der Waals surface area contributed by atoms with Crippen molar-refractivity contribution in [3.63, 3.8) is 0 Å². The lowest BCUT2D eigenvalue weighted by Crippen LogP contribution is -2.10. The van der Waals surface area contributed by atoms with Crippen LogP contribution < -0.4 is 9.64 Å². The topological polar surface area (TPSA) is 12.5 Å². The number of rotatable bonds is 2. The van der Waals surface area contributed by atoms with Crippen LogP contribution in [-0.4, -0.2) is 21.2 Å². The highest BCUT2D eigenvalue weighted by atomic mass is 16.5. The Labute approximate surface area is 80.1 Å². The van der Waals surface area contributed by atoms with Crippen molar-refractivity contribution in [1.29, 1.82) is 0 Å². The van der Waals surface area contributed by atoms with Gasteiger partial charge < -0.3 is 9.64 Å². The number of ether oxygens (including phenoxy) is 1. The summed E-state index contributed by atoms with van der Waals surface area (Å²) in [6.07, 6.45) is 0. The molecule has 2 nitrogen and oxygen atoms in total. The van der Waals surface area contributed by atoms with Crippen molar-refractivity contribution in [2.45, 2.75) is 13.8 Å². The Bertz CT molecular complexity index is 305. The second-order valence-corrected chi connectivity index (χ2v) is 3.50. The lowest BCUT2D eigenvalue weighted by molar-refractivity contribution is 0.415. The molecule has 0 N–H and O–H groups in total. The van der Waals surface area contributed by atoms with Gasteiger partial charge in [0.05, 0.1) is 12.8 Å². The molecule has 72 valence electrons. The molecular formula is C11H17NO. The van der Waals surface area contributed by atoms with Gasteiger partial charge >= 0.3 is 0 Å². The first kappa shape index (κ1) is 9.90. The molecule has 0 aliphatic carbocycles. The molecule has 0 bridgehead atoms. The lowest BCUT2D eigenvalue weighted by Gasteiger charge is -2.18. The van der Waals surface area contributed by atoms with Crippen LogP contribution in [-0.2, 0) is 0 Å². The third kappa shape index (κ3) is 1.94. The molecule has 0 aliphatic rings. The summed E-state index contributed by atoms with van der Waals surface area (Å²) >= 11 is 0. The van der Waals surface area contributed by atoms with Gasteiger partial charge in [-0.05, 0) is 37.1 Å². The Morgan fingerprint density at radius 2 is 1.62 bits per heavy atom. The second-order valence-electron chi connectivity index (χ2n) is 3.50. The quantitative estimate of drug-likeness (QED) is 0.691. The van der Waals surface area contributed by atoms with Gasteiger partial charge in [0, 0.05) is 14.1 Å². The highest BCUT2D eigenvalue weighted by molar-refractivity contribution is 5.60. The molecule has 1 aromatic carbocycles. The van der Waals surface area contributed by atoms with Crippen LogP contribution in [0.3, 0.4) is 0 Å². The normalized spacial score (nSPS) is 9.92. The number of hydrogen-bond donors (Lipinski definition) is 0. The van der Waals surface area contributed by atoms with Crippen molar-refractivity contribution in [3.8, 4) is 5.75 Å². The van der Waals surface area contributed by atoms with Gasteiger partial charge in [-0.2, -0.15) is 0 Å². The van der Waals surface area contributed by atoms with Crippen LogP contribution in [0.25, 0.3) is 0 Å². The molecule has 0 saturated heterocycles. The minimum atomic E-state index is 0.938. The summed E-state index contributed by atoms with van der Waals surface area (Å²) < 4.78 is 5.30. The Morgan fingerprint density at radius 1 is 1.08 bits per heavy atom. The molecule has 0 atom stereocenters. The minimum Gasteiger partial charge on any atom is -0.495 e. The Morgan fingerprint density at radius 3 is 2.08 bits per heavy atom. The van der Waals surface area contributed by atoms with Crippen LogP contribution in [0.1, 0.15) is 11.1 Å². The van der Waals surface area contributed by atoms with Crippen LogP contribution in [0, 0.1) is 13.8 Å². The number of aryl methyl sites for hydroxylation is 2. The molecule has 0 saturated carbocycles. The van der Waals surface area contributed by atoms with E-state index in [1.165, 1.54) is 11.1 Å². The van der Waals surface area contributed by atoms with Crippen LogP contribution in [0.5, 0.6) is 5.75 Å². The van der Waals surface area contributed by atoms with E-state index in [1.807, 2.05) is 14.1 Å². The fourth-order valence-corrected chi connectivity index (χ4v) is 1.29. The largest absolute Gasteiger partial charge is 0.495 e. The fourth-order valence-electron chi connectivity index (χ4n) is 1.29. The van der Waals surface area contributed by atoms with E-state index in [9.17, 15) is 0 Å². The van der Waals surface area contributed by atoms with E-state index in [2.05, 4.69) is 30.9 Å². The van der Waals surface area contributed by atoms with Gasteiger partial charge in [-0.3, -0.25) is 0 Å². The summed E-state index contributed by atoms with van der Waals surface area (Å²) in [4.78, 5) is 2.06. The van der Waals surface area contributed by atoms with E-state index in [0.29, 0.717) is 0 Å². The third-order valence-corrected chi connectivity index (χ3v) is 2.28. The first-order chi connectivity index (χ1) is 6.06. The number of hydrogen-bond acceptors (Lipinski definition) is 2. The van der Waals surface area contributed by atoms with Gasteiger partial charge in [0.15, 0.2) is 0 Å². The van der Waals surface area contributed by atoms with Crippen LogP contribution in [0.4, 0.5) is 5.69 Å². The number of benzene rings is 1. The summed E-state index contributed by atoms with van der Waals surface area (Å²) in [5.74, 6) is 0.938. The zero-order valence-corrected chi connectivity index (χ0v) is 9.01. The van der Waals surface area contributed by atoms with E-state index in [0.717, 1.165) is 11.4 Å². The van der Waals surface area contributed by atoms with E-state index in [4.69, 9.17) is 4.74 Å². The molecule has 0 aromatic heterocycles. The van der Waals surface area contributed by atoms with Crippen LogP contribution in [0.15, 0.2) is 12.1 Å². The first-order valence-corrected chi connectivity index (χ1v) is 4.39. The Hall–Kier alpha value is -1.18. The SMILES string of the molecule is COc1cc(C)c(C)cc1N(C)C. The molecule has 2 heteroatoms. The molecule has 0 amide bonds. The summed E-state index contributed by atoms with van der Waals surface area (Å²) in [6.45, 7) is 4.21. The fraction of sp³-hybridized carbons (Fsp3) is 0.455. The van der Waals surface area contributed by atoms with E-state index >= 15 is 0 Å². The summed E-state index contributed by atoms with van der Waals surface area (Å²) in [5.41, 5.74) is 3.69. The maximum Gasteiger partial charge on any atom is 0.142 e. The molecule has 0 heterocycles. The van der Waals surface area contributed by atoms with Crippen molar-refractivity contribution >= 4 is 5.69 Å². The molecule has 0 fully saturated rings. The first-order valence-electron chi connectivity index (χ1n) is 4.39. The van der Waals surface area contributed by atoms with Gasteiger partial charge in [-0.25, -0.2) is 0 Å². The number of anilines is 1. The number of nitrogens with zero attached hydrogens (tertiary/aromatic N) is 1. The average Bonchev–Trinajstić information content (AvgIpc) is 2.08. The van der Waals surface area contributed by atoms with Gasteiger partial charge in [-0.15, -0.1) is 0 Å². The molecule has 1 aromatic rings. The van der Waals surface area contributed by atoms with Crippen LogP contribution >= 0.6 is 0 Å². The van der Waals surface area contributed by atoms with E-state index in [1.54, 1.807) is 7.11 Å². The van der Waals surface area contributed by atoms with Crippen molar-refractivity contribution in [2.75, 3.05) is 26.1 Å². The van der Waals surface area contributed by atoms with Crippen molar-refractivity contribution in [2.24, 2.45) is 0 Å². The summed E-state index contributed by atoms with van der Waals surface area (Å²) in [5, 5.41) is 0.